The Morgan fingerprint density at radius 1 is 0.967 bits per heavy atom. The van der Waals surface area contributed by atoms with Crippen LogP contribution in [-0.2, 0) is 10.0 Å². The number of hydrogen-bond donors (Lipinski definition) is 0. The largest absolute Gasteiger partial charge is 0.336 e. The number of benzene rings is 1. The zero-order valence-electron chi connectivity index (χ0n) is 16.8. The van der Waals surface area contributed by atoms with Gasteiger partial charge in [-0.15, -0.1) is 0 Å². The van der Waals surface area contributed by atoms with Crippen molar-refractivity contribution in [2.45, 2.75) is 42.9 Å². The predicted octanol–water partition coefficient (Wildman–Crippen LogP) is 3.93. The Hall–Kier alpha value is -1.96. The summed E-state index contributed by atoms with van der Waals surface area (Å²) in [5.74, 6) is 0.325. The van der Waals surface area contributed by atoms with Crippen molar-refractivity contribution < 1.29 is 13.2 Å². The molecule has 0 bridgehead atoms. The van der Waals surface area contributed by atoms with Gasteiger partial charge in [-0.2, -0.15) is 4.31 Å². The molecule has 1 aliphatic heterocycles. The minimum absolute atomic E-state index is 0.163. The van der Waals surface area contributed by atoms with Crippen LogP contribution < -0.4 is 0 Å². The highest BCUT2D eigenvalue weighted by molar-refractivity contribution is 7.89. The summed E-state index contributed by atoms with van der Waals surface area (Å²) >= 11 is 6.02. The van der Waals surface area contributed by atoms with Crippen LogP contribution in [0.25, 0.3) is 0 Å². The summed E-state index contributed by atoms with van der Waals surface area (Å²) in [7, 11) is -3.57. The molecule has 0 radical (unpaired) electrons. The average Bonchev–Trinajstić information content (AvgIpc) is 2.80. The van der Waals surface area contributed by atoms with Crippen molar-refractivity contribution in [1.29, 1.82) is 0 Å². The van der Waals surface area contributed by atoms with Crippen LogP contribution in [0.5, 0.6) is 0 Å². The van der Waals surface area contributed by atoms with Gasteiger partial charge in [0, 0.05) is 32.4 Å². The second-order valence-electron chi connectivity index (χ2n) is 7.94. The molecule has 30 heavy (non-hydrogen) atoms. The summed E-state index contributed by atoms with van der Waals surface area (Å²) in [6.07, 6.45) is 7.69. The predicted molar refractivity (Wildman–Crippen MR) is 116 cm³/mol. The van der Waals surface area contributed by atoms with E-state index in [9.17, 15) is 13.2 Å². The summed E-state index contributed by atoms with van der Waals surface area (Å²) in [5.41, 5.74) is 1.58. The SMILES string of the molecule is O=C(c1cccnc1Cl)N1CCN(S(=O)(=O)c2ccc(C3CCCCC3)cc2)CC1. The van der Waals surface area contributed by atoms with E-state index >= 15 is 0 Å². The maximum absolute atomic E-state index is 13.1. The van der Waals surface area contributed by atoms with Crippen LogP contribution >= 0.6 is 11.6 Å². The number of nitrogens with zero attached hydrogens (tertiary/aromatic N) is 3. The van der Waals surface area contributed by atoms with Crippen molar-refractivity contribution >= 4 is 27.5 Å². The van der Waals surface area contributed by atoms with Crippen molar-refractivity contribution in [2.75, 3.05) is 26.2 Å². The summed E-state index contributed by atoms with van der Waals surface area (Å²) in [6, 6.07) is 10.7. The quantitative estimate of drug-likeness (QED) is 0.666. The first-order valence-electron chi connectivity index (χ1n) is 10.5. The Kier molecular flexibility index (Phi) is 6.41. The highest BCUT2D eigenvalue weighted by atomic mass is 35.5. The first-order chi connectivity index (χ1) is 14.5. The molecule has 1 aromatic heterocycles. The molecular weight excluding hydrogens is 422 g/mol. The molecule has 2 aliphatic rings. The fraction of sp³-hybridized carbons (Fsp3) is 0.455. The molecule has 1 saturated carbocycles. The van der Waals surface area contributed by atoms with Crippen LogP contribution in [0.2, 0.25) is 5.15 Å². The summed E-state index contributed by atoms with van der Waals surface area (Å²) in [4.78, 5) is 18.6. The lowest BCUT2D eigenvalue weighted by Crippen LogP contribution is -2.50. The smallest absolute Gasteiger partial charge is 0.257 e. The number of rotatable bonds is 4. The number of amides is 1. The first-order valence-corrected chi connectivity index (χ1v) is 12.3. The average molecular weight is 448 g/mol. The number of halogens is 1. The number of pyridine rings is 1. The lowest BCUT2D eigenvalue weighted by molar-refractivity contribution is 0.0697. The van der Waals surface area contributed by atoms with E-state index in [1.807, 2.05) is 12.1 Å². The van der Waals surface area contributed by atoms with Crippen molar-refractivity contribution in [1.82, 2.24) is 14.2 Å². The van der Waals surface area contributed by atoms with Crippen LogP contribution in [0.4, 0.5) is 0 Å². The maximum atomic E-state index is 13.1. The Morgan fingerprint density at radius 3 is 2.27 bits per heavy atom. The molecule has 2 heterocycles. The third-order valence-electron chi connectivity index (χ3n) is 6.11. The number of aromatic nitrogens is 1. The molecule has 4 rings (SSSR count). The molecule has 160 valence electrons. The number of piperazine rings is 1. The molecule has 1 saturated heterocycles. The zero-order chi connectivity index (χ0) is 21.1. The van der Waals surface area contributed by atoms with Crippen LogP contribution in [0, 0.1) is 0 Å². The van der Waals surface area contributed by atoms with Crippen LogP contribution in [-0.4, -0.2) is 54.7 Å². The Bertz CT molecular complexity index is 997. The van der Waals surface area contributed by atoms with Gasteiger partial charge in [0.25, 0.3) is 5.91 Å². The van der Waals surface area contributed by atoms with Crippen LogP contribution in [0.15, 0.2) is 47.5 Å². The molecule has 6 nitrogen and oxygen atoms in total. The lowest BCUT2D eigenvalue weighted by Gasteiger charge is -2.34. The van der Waals surface area contributed by atoms with Crippen LogP contribution in [0.3, 0.4) is 0 Å². The third-order valence-corrected chi connectivity index (χ3v) is 8.32. The fourth-order valence-corrected chi connectivity index (χ4v) is 5.97. The van der Waals surface area contributed by atoms with Gasteiger partial charge in [-0.3, -0.25) is 4.79 Å². The third kappa shape index (κ3) is 4.38. The maximum Gasteiger partial charge on any atom is 0.257 e. The van der Waals surface area contributed by atoms with E-state index in [1.165, 1.54) is 48.2 Å². The molecular formula is C22H26ClN3O3S. The standard InChI is InChI=1S/C22H26ClN3O3S/c23-21-20(7-4-12-24-21)22(27)25-13-15-26(16-14-25)30(28,29)19-10-8-18(9-11-19)17-5-2-1-3-6-17/h4,7-12,17H,1-3,5-6,13-16H2. The van der Waals surface area contributed by atoms with E-state index in [1.54, 1.807) is 29.2 Å². The summed E-state index contributed by atoms with van der Waals surface area (Å²) < 4.78 is 27.6. The van der Waals surface area contributed by atoms with E-state index in [0.717, 1.165) is 0 Å². The van der Waals surface area contributed by atoms with Gasteiger partial charge in [-0.05, 0) is 48.6 Å². The van der Waals surface area contributed by atoms with Gasteiger partial charge in [-0.1, -0.05) is 43.0 Å². The molecule has 1 aromatic carbocycles. The normalized spacial score (nSPS) is 19.0. The monoisotopic (exact) mass is 447 g/mol. The van der Waals surface area contributed by atoms with E-state index in [4.69, 9.17) is 11.6 Å². The van der Waals surface area contributed by atoms with Crippen LogP contribution in [0.1, 0.15) is 53.9 Å². The fourth-order valence-electron chi connectivity index (χ4n) is 4.34. The summed E-state index contributed by atoms with van der Waals surface area (Å²) in [6.45, 7) is 1.17. The summed E-state index contributed by atoms with van der Waals surface area (Å²) in [5, 5.41) is 0.163. The van der Waals surface area contributed by atoms with E-state index < -0.39 is 10.0 Å². The van der Waals surface area contributed by atoms with Gasteiger partial charge in [0.1, 0.15) is 5.15 Å². The van der Waals surface area contributed by atoms with E-state index in [2.05, 4.69) is 4.98 Å². The van der Waals surface area contributed by atoms with E-state index in [-0.39, 0.29) is 24.1 Å². The molecule has 2 aromatic rings. The van der Waals surface area contributed by atoms with Gasteiger partial charge < -0.3 is 4.90 Å². The highest BCUT2D eigenvalue weighted by Crippen LogP contribution is 2.33. The minimum atomic E-state index is -3.57. The Labute approximate surface area is 182 Å². The second kappa shape index (κ2) is 9.04. The number of carbonyl (C=O) groups is 1. The first kappa shape index (κ1) is 21.3. The minimum Gasteiger partial charge on any atom is -0.336 e. The van der Waals surface area contributed by atoms with Crippen molar-refractivity contribution in [3.63, 3.8) is 0 Å². The van der Waals surface area contributed by atoms with E-state index in [0.29, 0.717) is 29.5 Å². The molecule has 2 fully saturated rings. The molecule has 1 aliphatic carbocycles. The molecule has 0 spiro atoms. The second-order valence-corrected chi connectivity index (χ2v) is 10.2. The lowest BCUT2D eigenvalue weighted by atomic mass is 9.84. The zero-order valence-corrected chi connectivity index (χ0v) is 18.4. The number of sulfonamides is 1. The number of carbonyl (C=O) groups excluding carboxylic acids is 1. The number of hydrogen-bond acceptors (Lipinski definition) is 4. The molecule has 0 unspecified atom stereocenters. The van der Waals surface area contributed by atoms with Crippen molar-refractivity contribution in [2.24, 2.45) is 0 Å². The molecule has 0 atom stereocenters. The molecule has 8 heteroatoms. The molecule has 0 N–H and O–H groups in total. The highest BCUT2D eigenvalue weighted by Gasteiger charge is 2.31. The topological polar surface area (TPSA) is 70.6 Å². The van der Waals surface area contributed by atoms with Crippen molar-refractivity contribution in [3.8, 4) is 0 Å². The molecule has 1 amide bonds. The Balaban J connectivity index is 1.41. The van der Waals surface area contributed by atoms with Gasteiger partial charge in [0.15, 0.2) is 0 Å². The van der Waals surface area contributed by atoms with Gasteiger partial charge in [-0.25, -0.2) is 13.4 Å². The van der Waals surface area contributed by atoms with Gasteiger partial charge in [0.2, 0.25) is 10.0 Å². The Morgan fingerprint density at radius 2 is 1.63 bits per heavy atom. The van der Waals surface area contributed by atoms with Crippen molar-refractivity contribution in [3.05, 3.63) is 58.9 Å². The van der Waals surface area contributed by atoms with Gasteiger partial charge in [0.05, 0.1) is 10.5 Å². The van der Waals surface area contributed by atoms with Gasteiger partial charge >= 0.3 is 0 Å².